The van der Waals surface area contributed by atoms with Crippen LogP contribution in [-0.4, -0.2) is 80.5 Å². The van der Waals surface area contributed by atoms with Crippen molar-refractivity contribution in [2.24, 2.45) is 0 Å². The van der Waals surface area contributed by atoms with E-state index in [2.05, 4.69) is 5.10 Å². The summed E-state index contributed by atoms with van der Waals surface area (Å²) < 4.78 is 60.8. The quantitative estimate of drug-likeness (QED) is 0.580. The average Bonchev–Trinajstić information content (AvgIpc) is 3.09. The molecule has 1 aromatic carbocycles. The summed E-state index contributed by atoms with van der Waals surface area (Å²) in [5, 5.41) is 4.18. The van der Waals surface area contributed by atoms with E-state index in [4.69, 9.17) is 4.74 Å². The summed E-state index contributed by atoms with van der Waals surface area (Å²) >= 11 is 0. The van der Waals surface area contributed by atoms with Crippen molar-refractivity contribution in [2.75, 3.05) is 39.4 Å². The van der Waals surface area contributed by atoms with Gasteiger partial charge in [-0.2, -0.15) is 18.4 Å². The van der Waals surface area contributed by atoms with Gasteiger partial charge in [-0.15, -0.1) is 0 Å². The Labute approximate surface area is 188 Å². The molecule has 0 atom stereocenters. The van der Waals surface area contributed by atoms with Crippen LogP contribution in [0.2, 0.25) is 0 Å². The van der Waals surface area contributed by atoms with Crippen molar-refractivity contribution in [3.05, 3.63) is 41.2 Å². The van der Waals surface area contributed by atoms with E-state index >= 15 is 0 Å². The van der Waals surface area contributed by atoms with Gasteiger partial charge >= 0.3 is 0 Å². The van der Waals surface area contributed by atoms with Gasteiger partial charge in [0.15, 0.2) is 0 Å². The zero-order chi connectivity index (χ0) is 23.7. The fourth-order valence-electron chi connectivity index (χ4n) is 3.74. The van der Waals surface area contributed by atoms with Crippen LogP contribution in [0, 0.1) is 13.8 Å². The molecule has 0 N–H and O–H groups in total. The van der Waals surface area contributed by atoms with Crippen molar-refractivity contribution in [3.63, 3.8) is 0 Å². The molecular formula is C20H28N4O6S2. The Hall–Kier alpha value is -2.12. The molecule has 0 radical (unpaired) electrons. The first-order valence-corrected chi connectivity index (χ1v) is 13.2. The zero-order valence-electron chi connectivity index (χ0n) is 18.6. The number of ether oxygens (including phenoxy) is 1. The van der Waals surface area contributed by atoms with Gasteiger partial charge in [0, 0.05) is 31.7 Å². The number of aryl methyl sites for hydroxylation is 1. The molecule has 12 heteroatoms. The molecule has 1 saturated heterocycles. The lowest BCUT2D eigenvalue weighted by molar-refractivity contribution is 0.0730. The molecule has 176 valence electrons. The SMILES string of the molecule is CCN(CC)S(=O)(=O)c1cccc(C(=O)n2nc(C)c(S(=O)(=O)N3CCOCC3)c2C)c1. The van der Waals surface area contributed by atoms with Crippen LogP contribution >= 0.6 is 0 Å². The minimum absolute atomic E-state index is 0.00487. The molecule has 1 aliphatic rings. The van der Waals surface area contributed by atoms with Crippen molar-refractivity contribution in [2.45, 2.75) is 37.5 Å². The Balaban J connectivity index is 2.01. The number of nitrogens with zero attached hydrogens (tertiary/aromatic N) is 4. The van der Waals surface area contributed by atoms with E-state index in [0.717, 1.165) is 4.68 Å². The van der Waals surface area contributed by atoms with Gasteiger partial charge in [-0.1, -0.05) is 19.9 Å². The summed E-state index contributed by atoms with van der Waals surface area (Å²) in [6.45, 7) is 8.19. The van der Waals surface area contributed by atoms with Gasteiger partial charge in [-0.25, -0.2) is 16.8 Å². The van der Waals surface area contributed by atoms with Gasteiger partial charge in [0.1, 0.15) is 4.90 Å². The Morgan fingerprint density at radius 3 is 2.31 bits per heavy atom. The Bertz CT molecular complexity index is 1210. The highest BCUT2D eigenvalue weighted by Crippen LogP contribution is 2.25. The van der Waals surface area contributed by atoms with Crippen LogP contribution < -0.4 is 0 Å². The number of sulfonamides is 2. The molecular weight excluding hydrogens is 456 g/mol. The third-order valence-corrected chi connectivity index (χ3v) is 9.61. The summed E-state index contributed by atoms with van der Waals surface area (Å²) in [5.41, 5.74) is 0.476. The monoisotopic (exact) mass is 484 g/mol. The number of hydrogen-bond acceptors (Lipinski definition) is 7. The van der Waals surface area contributed by atoms with Gasteiger partial charge in [0.2, 0.25) is 20.0 Å². The molecule has 0 aliphatic carbocycles. The second-order valence-electron chi connectivity index (χ2n) is 7.35. The highest BCUT2D eigenvalue weighted by molar-refractivity contribution is 7.89. The van der Waals surface area contributed by atoms with E-state index in [9.17, 15) is 21.6 Å². The van der Waals surface area contributed by atoms with Crippen molar-refractivity contribution in [1.82, 2.24) is 18.4 Å². The third-order valence-electron chi connectivity index (χ3n) is 5.41. The van der Waals surface area contributed by atoms with Gasteiger partial charge in [-0.05, 0) is 32.0 Å². The normalized spacial score (nSPS) is 15.9. The van der Waals surface area contributed by atoms with E-state index in [1.165, 1.54) is 46.7 Å². The maximum Gasteiger partial charge on any atom is 0.278 e. The lowest BCUT2D eigenvalue weighted by atomic mass is 10.2. The molecule has 1 fully saturated rings. The Morgan fingerprint density at radius 2 is 1.72 bits per heavy atom. The lowest BCUT2D eigenvalue weighted by Crippen LogP contribution is -2.41. The molecule has 0 spiro atoms. The van der Waals surface area contributed by atoms with Crippen molar-refractivity contribution >= 4 is 26.0 Å². The maximum atomic E-state index is 13.2. The molecule has 2 aromatic rings. The Kier molecular flexibility index (Phi) is 7.20. The van der Waals surface area contributed by atoms with E-state index in [0.29, 0.717) is 26.3 Å². The Morgan fingerprint density at radius 1 is 1.09 bits per heavy atom. The molecule has 0 bridgehead atoms. The molecule has 32 heavy (non-hydrogen) atoms. The van der Waals surface area contributed by atoms with E-state index in [1.54, 1.807) is 13.8 Å². The molecule has 1 aromatic heterocycles. The fourth-order valence-corrected chi connectivity index (χ4v) is 7.01. The predicted molar refractivity (Wildman–Crippen MR) is 118 cm³/mol. The molecule has 0 unspecified atom stereocenters. The van der Waals surface area contributed by atoms with Crippen LogP contribution in [0.4, 0.5) is 0 Å². The first kappa shape index (κ1) is 24.5. The largest absolute Gasteiger partial charge is 0.379 e. The standard InChI is InChI=1S/C20H28N4O6S2/c1-5-22(6-2)31(26,27)18-9-7-8-17(14-18)20(25)24-16(4)19(15(3)21-24)32(28,29)23-10-12-30-13-11-23/h7-9,14H,5-6,10-13H2,1-4H3. The van der Waals surface area contributed by atoms with Crippen LogP contribution in [0.3, 0.4) is 0 Å². The number of carbonyl (C=O) groups is 1. The minimum Gasteiger partial charge on any atom is -0.379 e. The van der Waals surface area contributed by atoms with E-state index in [-0.39, 0.29) is 39.8 Å². The van der Waals surface area contributed by atoms with Crippen molar-refractivity contribution < 1.29 is 26.4 Å². The summed E-state index contributed by atoms with van der Waals surface area (Å²) in [6.07, 6.45) is 0. The molecule has 1 aliphatic heterocycles. The molecule has 0 amide bonds. The number of aromatic nitrogens is 2. The summed E-state index contributed by atoms with van der Waals surface area (Å²) in [7, 11) is -7.61. The predicted octanol–water partition coefficient (Wildman–Crippen LogP) is 1.24. The number of rotatable bonds is 7. The van der Waals surface area contributed by atoms with E-state index in [1.807, 2.05) is 0 Å². The molecule has 0 saturated carbocycles. The minimum atomic E-state index is -3.85. The molecule has 10 nitrogen and oxygen atoms in total. The number of hydrogen-bond donors (Lipinski definition) is 0. The van der Waals surface area contributed by atoms with Crippen LogP contribution in [0.5, 0.6) is 0 Å². The second-order valence-corrected chi connectivity index (χ2v) is 11.2. The first-order valence-electron chi connectivity index (χ1n) is 10.3. The van der Waals surface area contributed by atoms with Gasteiger partial charge in [-0.3, -0.25) is 4.79 Å². The number of morpholine rings is 1. The van der Waals surface area contributed by atoms with Gasteiger partial charge in [0.25, 0.3) is 5.91 Å². The summed E-state index contributed by atoms with van der Waals surface area (Å²) in [4.78, 5) is 13.2. The number of carbonyl (C=O) groups excluding carboxylic acids is 1. The second kappa shape index (κ2) is 9.40. The zero-order valence-corrected chi connectivity index (χ0v) is 20.2. The van der Waals surface area contributed by atoms with Crippen LogP contribution in [-0.2, 0) is 24.8 Å². The van der Waals surface area contributed by atoms with Crippen LogP contribution in [0.25, 0.3) is 0 Å². The topological polar surface area (TPSA) is 119 Å². The average molecular weight is 485 g/mol. The smallest absolute Gasteiger partial charge is 0.278 e. The highest BCUT2D eigenvalue weighted by atomic mass is 32.2. The molecule has 2 heterocycles. The molecule has 3 rings (SSSR count). The van der Waals surface area contributed by atoms with Crippen LogP contribution in [0.15, 0.2) is 34.1 Å². The van der Waals surface area contributed by atoms with Crippen molar-refractivity contribution in [3.8, 4) is 0 Å². The fraction of sp³-hybridized carbons (Fsp3) is 0.500. The van der Waals surface area contributed by atoms with E-state index < -0.39 is 26.0 Å². The van der Waals surface area contributed by atoms with Crippen LogP contribution in [0.1, 0.15) is 35.6 Å². The van der Waals surface area contributed by atoms with Crippen molar-refractivity contribution in [1.29, 1.82) is 0 Å². The summed E-state index contributed by atoms with van der Waals surface area (Å²) in [6, 6.07) is 5.69. The lowest BCUT2D eigenvalue weighted by Gasteiger charge is -2.26. The highest BCUT2D eigenvalue weighted by Gasteiger charge is 2.33. The van der Waals surface area contributed by atoms with Gasteiger partial charge < -0.3 is 4.74 Å². The number of benzene rings is 1. The van der Waals surface area contributed by atoms with Gasteiger partial charge in [0.05, 0.1) is 29.5 Å². The maximum absolute atomic E-state index is 13.2. The summed E-state index contributed by atoms with van der Waals surface area (Å²) in [5.74, 6) is -0.606. The third kappa shape index (κ3) is 4.37. The first-order chi connectivity index (χ1) is 15.1.